The molecule has 0 atom stereocenters. The number of anilines is 1. The summed E-state index contributed by atoms with van der Waals surface area (Å²) < 4.78 is 0. The first-order valence-corrected chi connectivity index (χ1v) is 6.49. The number of rotatable bonds is 3. The van der Waals surface area contributed by atoms with Gasteiger partial charge in [-0.15, -0.1) is 0 Å². The molecule has 1 aromatic heterocycles. The number of aryl methyl sites for hydroxylation is 1. The van der Waals surface area contributed by atoms with E-state index >= 15 is 0 Å². The van der Waals surface area contributed by atoms with Gasteiger partial charge in [0, 0.05) is 11.8 Å². The summed E-state index contributed by atoms with van der Waals surface area (Å²) in [5.74, 6) is 1.21. The lowest BCUT2D eigenvalue weighted by Crippen LogP contribution is -1.95. The molecule has 1 aromatic carbocycles. The van der Waals surface area contributed by atoms with Crippen molar-refractivity contribution < 1.29 is 0 Å². The molecule has 0 aliphatic heterocycles. The van der Waals surface area contributed by atoms with Crippen molar-refractivity contribution in [3.63, 3.8) is 0 Å². The lowest BCUT2D eigenvalue weighted by Gasteiger charge is -2.05. The molecule has 0 fully saturated rings. The predicted octanol–water partition coefficient (Wildman–Crippen LogP) is 3.31. The summed E-state index contributed by atoms with van der Waals surface area (Å²) in [4.78, 5) is 8.24. The van der Waals surface area contributed by atoms with Crippen LogP contribution in [-0.4, -0.2) is 9.97 Å². The van der Waals surface area contributed by atoms with Crippen LogP contribution in [0.5, 0.6) is 0 Å². The zero-order valence-electron chi connectivity index (χ0n) is 9.35. The van der Waals surface area contributed by atoms with Crippen LogP contribution in [0.2, 0.25) is 5.15 Å². The highest BCUT2D eigenvalue weighted by Gasteiger charge is 2.04. The van der Waals surface area contributed by atoms with E-state index in [9.17, 15) is 0 Å². The van der Waals surface area contributed by atoms with E-state index in [1.165, 1.54) is 22.9 Å². The Morgan fingerprint density at radius 1 is 1.29 bits per heavy atom. The largest absolute Gasteiger partial charge is 0.384 e. The highest BCUT2D eigenvalue weighted by Crippen LogP contribution is 2.23. The van der Waals surface area contributed by atoms with E-state index < -0.39 is 0 Å². The van der Waals surface area contributed by atoms with Gasteiger partial charge in [0.1, 0.15) is 11.0 Å². The van der Waals surface area contributed by atoms with E-state index in [-0.39, 0.29) is 0 Å². The SMILES string of the molecule is Cc1ccccc1CSc1nc(N)cc(Cl)n1. The van der Waals surface area contributed by atoms with Crippen LogP contribution < -0.4 is 5.73 Å². The van der Waals surface area contributed by atoms with Crippen molar-refractivity contribution >= 4 is 29.2 Å². The fourth-order valence-corrected chi connectivity index (χ4v) is 2.58. The summed E-state index contributed by atoms with van der Waals surface area (Å²) >= 11 is 7.35. The van der Waals surface area contributed by atoms with Gasteiger partial charge in [-0.1, -0.05) is 47.6 Å². The van der Waals surface area contributed by atoms with Gasteiger partial charge in [0.05, 0.1) is 0 Å². The number of halogens is 1. The lowest BCUT2D eigenvalue weighted by molar-refractivity contribution is 0.975. The number of nitrogens with two attached hydrogens (primary N) is 1. The summed E-state index contributed by atoms with van der Waals surface area (Å²) in [6.07, 6.45) is 0. The minimum absolute atomic E-state index is 0.379. The van der Waals surface area contributed by atoms with Gasteiger partial charge in [-0.25, -0.2) is 9.97 Å². The van der Waals surface area contributed by atoms with Gasteiger partial charge in [0.25, 0.3) is 0 Å². The Morgan fingerprint density at radius 3 is 2.76 bits per heavy atom. The number of nitrogens with zero attached hydrogens (tertiary/aromatic N) is 2. The van der Waals surface area contributed by atoms with Crippen molar-refractivity contribution in [2.45, 2.75) is 17.8 Å². The fraction of sp³-hybridized carbons (Fsp3) is 0.167. The van der Waals surface area contributed by atoms with Crippen LogP contribution in [0.15, 0.2) is 35.5 Å². The van der Waals surface area contributed by atoms with Gasteiger partial charge >= 0.3 is 0 Å². The minimum atomic E-state index is 0.379. The number of benzene rings is 1. The van der Waals surface area contributed by atoms with Crippen LogP contribution in [0.4, 0.5) is 5.82 Å². The predicted molar refractivity (Wildman–Crippen MR) is 72.2 cm³/mol. The Morgan fingerprint density at radius 2 is 2.06 bits per heavy atom. The molecule has 0 amide bonds. The summed E-state index contributed by atoms with van der Waals surface area (Å²) in [5.41, 5.74) is 8.13. The first kappa shape index (κ1) is 12.2. The molecule has 0 bridgehead atoms. The summed E-state index contributed by atoms with van der Waals surface area (Å²) in [6, 6.07) is 9.77. The Balaban J connectivity index is 2.10. The molecule has 2 rings (SSSR count). The Kier molecular flexibility index (Phi) is 3.86. The van der Waals surface area contributed by atoms with Gasteiger partial charge in [-0.2, -0.15) is 0 Å². The van der Waals surface area contributed by atoms with E-state index in [0.717, 1.165) is 5.75 Å². The van der Waals surface area contributed by atoms with E-state index in [1.54, 1.807) is 6.07 Å². The highest BCUT2D eigenvalue weighted by molar-refractivity contribution is 7.98. The molecule has 0 spiro atoms. The number of hydrogen-bond donors (Lipinski definition) is 1. The highest BCUT2D eigenvalue weighted by atomic mass is 35.5. The van der Waals surface area contributed by atoms with E-state index in [2.05, 4.69) is 29.0 Å². The number of hydrogen-bond acceptors (Lipinski definition) is 4. The summed E-state index contributed by atoms with van der Waals surface area (Å²) in [5, 5.41) is 0.989. The molecule has 0 saturated heterocycles. The van der Waals surface area contributed by atoms with Crippen molar-refractivity contribution in [1.82, 2.24) is 9.97 Å². The minimum Gasteiger partial charge on any atom is -0.384 e. The van der Waals surface area contributed by atoms with Crippen molar-refractivity contribution in [1.29, 1.82) is 0 Å². The number of nitrogen functional groups attached to an aromatic ring is 1. The number of aromatic nitrogens is 2. The topological polar surface area (TPSA) is 51.8 Å². The maximum atomic E-state index is 5.82. The standard InChI is InChI=1S/C12H12ClN3S/c1-8-4-2-3-5-9(8)7-17-12-15-10(13)6-11(14)16-12/h2-6H,7H2,1H3,(H2,14,15,16). The molecule has 5 heteroatoms. The van der Waals surface area contributed by atoms with Crippen LogP contribution >= 0.6 is 23.4 Å². The van der Waals surface area contributed by atoms with Gasteiger partial charge in [-0.05, 0) is 18.1 Å². The first-order valence-electron chi connectivity index (χ1n) is 5.12. The van der Waals surface area contributed by atoms with E-state index in [4.69, 9.17) is 17.3 Å². The second kappa shape index (κ2) is 5.38. The molecular weight excluding hydrogens is 254 g/mol. The van der Waals surface area contributed by atoms with Crippen LogP contribution in [0.25, 0.3) is 0 Å². The summed E-state index contributed by atoms with van der Waals surface area (Å²) in [6.45, 7) is 2.09. The smallest absolute Gasteiger partial charge is 0.191 e. The second-order valence-electron chi connectivity index (χ2n) is 3.61. The maximum Gasteiger partial charge on any atom is 0.191 e. The lowest BCUT2D eigenvalue weighted by atomic mass is 10.1. The van der Waals surface area contributed by atoms with Crippen molar-refractivity contribution in [2.24, 2.45) is 0 Å². The quantitative estimate of drug-likeness (QED) is 0.526. The summed E-state index contributed by atoms with van der Waals surface area (Å²) in [7, 11) is 0. The molecule has 1 heterocycles. The Labute approximate surface area is 109 Å². The van der Waals surface area contributed by atoms with E-state index in [1.807, 2.05) is 12.1 Å². The van der Waals surface area contributed by atoms with E-state index in [0.29, 0.717) is 16.1 Å². The molecule has 0 unspecified atom stereocenters. The molecule has 0 saturated carbocycles. The average molecular weight is 266 g/mol. The second-order valence-corrected chi connectivity index (χ2v) is 4.94. The zero-order chi connectivity index (χ0) is 12.3. The van der Waals surface area contributed by atoms with Gasteiger partial charge in [0.2, 0.25) is 0 Å². The first-order chi connectivity index (χ1) is 8.15. The third kappa shape index (κ3) is 3.35. The van der Waals surface area contributed by atoms with Gasteiger partial charge in [-0.3, -0.25) is 0 Å². The molecule has 2 aromatic rings. The molecule has 17 heavy (non-hydrogen) atoms. The molecule has 0 aliphatic carbocycles. The molecule has 2 N–H and O–H groups in total. The van der Waals surface area contributed by atoms with Crippen molar-refractivity contribution in [3.8, 4) is 0 Å². The fourth-order valence-electron chi connectivity index (χ4n) is 1.39. The van der Waals surface area contributed by atoms with Crippen LogP contribution in [0.1, 0.15) is 11.1 Å². The monoisotopic (exact) mass is 265 g/mol. The van der Waals surface area contributed by atoms with Gasteiger partial charge in [0.15, 0.2) is 5.16 Å². The zero-order valence-corrected chi connectivity index (χ0v) is 10.9. The van der Waals surface area contributed by atoms with Crippen LogP contribution in [-0.2, 0) is 5.75 Å². The average Bonchev–Trinajstić information content (AvgIpc) is 2.27. The maximum absolute atomic E-state index is 5.82. The Hall–Kier alpha value is -1.26. The third-order valence-electron chi connectivity index (χ3n) is 2.31. The Bertz CT molecular complexity index is 511. The van der Waals surface area contributed by atoms with Crippen LogP contribution in [0.3, 0.4) is 0 Å². The van der Waals surface area contributed by atoms with Crippen molar-refractivity contribution in [3.05, 3.63) is 46.6 Å². The van der Waals surface area contributed by atoms with Crippen molar-refractivity contribution in [2.75, 3.05) is 5.73 Å². The molecule has 0 aliphatic rings. The normalized spacial score (nSPS) is 10.5. The third-order valence-corrected chi connectivity index (χ3v) is 3.40. The molecular formula is C12H12ClN3S. The number of thioether (sulfide) groups is 1. The van der Waals surface area contributed by atoms with Gasteiger partial charge < -0.3 is 5.73 Å². The van der Waals surface area contributed by atoms with Crippen LogP contribution in [0, 0.1) is 6.92 Å². The molecule has 88 valence electrons. The molecule has 3 nitrogen and oxygen atoms in total. The molecule has 0 radical (unpaired) electrons.